The van der Waals surface area contributed by atoms with Crippen molar-refractivity contribution < 1.29 is 8.81 Å². The monoisotopic (exact) mass is 230 g/mol. The topological polar surface area (TPSA) is 40.2 Å². The lowest BCUT2D eigenvalue weighted by atomic mass is 10.1. The van der Waals surface area contributed by atoms with Crippen LogP contribution in [0.15, 0.2) is 41.2 Å². The van der Waals surface area contributed by atoms with E-state index in [1.54, 1.807) is 24.7 Å². The number of rotatable bonds is 3. The van der Waals surface area contributed by atoms with Gasteiger partial charge in [-0.1, -0.05) is 6.07 Å². The lowest BCUT2D eigenvalue weighted by molar-refractivity contribution is 0.563. The number of anilines is 1. The normalized spacial score (nSPS) is 9.94. The second-order valence-electron chi connectivity index (χ2n) is 3.73. The highest BCUT2D eigenvalue weighted by atomic mass is 19.1. The summed E-state index contributed by atoms with van der Waals surface area (Å²) in [7, 11) is 1.81. The van der Waals surface area contributed by atoms with Gasteiger partial charge in [0, 0.05) is 19.2 Å². The second kappa shape index (κ2) is 4.71. The largest absolute Gasteiger partial charge is 0.472 e. The van der Waals surface area contributed by atoms with Gasteiger partial charge in [-0.2, -0.15) is 5.26 Å². The zero-order chi connectivity index (χ0) is 12.3. The van der Waals surface area contributed by atoms with Crippen molar-refractivity contribution in [1.82, 2.24) is 0 Å². The first kappa shape index (κ1) is 11.2. The number of nitrogens with zero attached hydrogens (tertiary/aromatic N) is 2. The van der Waals surface area contributed by atoms with Crippen molar-refractivity contribution in [2.45, 2.75) is 6.54 Å². The average molecular weight is 230 g/mol. The Labute approximate surface area is 98.7 Å². The Balaban J connectivity index is 2.28. The molecule has 0 fully saturated rings. The minimum Gasteiger partial charge on any atom is -0.472 e. The first-order chi connectivity index (χ1) is 8.22. The van der Waals surface area contributed by atoms with E-state index in [4.69, 9.17) is 9.68 Å². The lowest BCUT2D eigenvalue weighted by Gasteiger charge is -2.19. The molecule has 1 aromatic heterocycles. The van der Waals surface area contributed by atoms with E-state index in [2.05, 4.69) is 0 Å². The fourth-order valence-corrected chi connectivity index (χ4v) is 1.68. The van der Waals surface area contributed by atoms with Crippen molar-refractivity contribution in [1.29, 1.82) is 5.26 Å². The maximum atomic E-state index is 13.4. The van der Waals surface area contributed by atoms with E-state index in [0.717, 1.165) is 5.56 Å². The Morgan fingerprint density at radius 3 is 2.88 bits per heavy atom. The summed E-state index contributed by atoms with van der Waals surface area (Å²) >= 11 is 0. The van der Waals surface area contributed by atoms with Crippen molar-refractivity contribution in [3.63, 3.8) is 0 Å². The highest BCUT2D eigenvalue weighted by Gasteiger charge is 2.12. The SMILES string of the molecule is CN(Cc1ccoc1)c1cccc(F)c1C#N. The molecular weight excluding hydrogens is 219 g/mol. The van der Waals surface area contributed by atoms with E-state index in [-0.39, 0.29) is 5.56 Å². The Morgan fingerprint density at radius 1 is 1.41 bits per heavy atom. The van der Waals surface area contributed by atoms with Gasteiger partial charge in [0.1, 0.15) is 17.4 Å². The summed E-state index contributed by atoms with van der Waals surface area (Å²) in [5.74, 6) is -0.496. The summed E-state index contributed by atoms with van der Waals surface area (Å²) in [4.78, 5) is 1.81. The molecule has 0 aliphatic heterocycles. The van der Waals surface area contributed by atoms with Crippen molar-refractivity contribution in [3.05, 3.63) is 53.7 Å². The lowest BCUT2D eigenvalue weighted by Crippen LogP contribution is -2.17. The number of benzene rings is 1. The summed E-state index contributed by atoms with van der Waals surface area (Å²) in [6.07, 6.45) is 3.21. The Morgan fingerprint density at radius 2 is 2.24 bits per heavy atom. The third-order valence-electron chi connectivity index (χ3n) is 2.51. The summed E-state index contributed by atoms with van der Waals surface area (Å²) in [6, 6.07) is 8.32. The van der Waals surface area contributed by atoms with Gasteiger partial charge in [0.2, 0.25) is 0 Å². The van der Waals surface area contributed by atoms with Gasteiger partial charge in [-0.25, -0.2) is 4.39 Å². The predicted octanol–water partition coefficient (Wildman–Crippen LogP) is 2.93. The summed E-state index contributed by atoms with van der Waals surface area (Å²) < 4.78 is 18.4. The zero-order valence-corrected chi connectivity index (χ0v) is 9.35. The third kappa shape index (κ3) is 2.28. The van der Waals surface area contributed by atoms with Crippen LogP contribution in [0.25, 0.3) is 0 Å². The molecule has 2 rings (SSSR count). The molecule has 0 saturated heterocycles. The van der Waals surface area contributed by atoms with Crippen LogP contribution in [0.1, 0.15) is 11.1 Å². The molecule has 86 valence electrons. The predicted molar refractivity (Wildman–Crippen MR) is 61.9 cm³/mol. The number of hydrogen-bond donors (Lipinski definition) is 0. The van der Waals surface area contributed by atoms with Gasteiger partial charge in [0.05, 0.1) is 18.2 Å². The van der Waals surface area contributed by atoms with Crippen molar-refractivity contribution in [3.8, 4) is 6.07 Å². The van der Waals surface area contributed by atoms with Crippen LogP contribution in [-0.4, -0.2) is 7.05 Å². The Hall–Kier alpha value is -2.28. The van der Waals surface area contributed by atoms with E-state index >= 15 is 0 Å². The number of nitriles is 1. The summed E-state index contributed by atoms with van der Waals surface area (Å²) in [5, 5.41) is 8.94. The molecule has 1 aromatic carbocycles. The maximum Gasteiger partial charge on any atom is 0.143 e. The molecule has 0 N–H and O–H groups in total. The average Bonchev–Trinajstić information content (AvgIpc) is 2.81. The van der Waals surface area contributed by atoms with Crippen LogP contribution in [-0.2, 0) is 6.54 Å². The molecule has 0 amide bonds. The molecule has 0 aliphatic rings. The molecular formula is C13H11FN2O. The summed E-state index contributed by atoms with van der Waals surface area (Å²) in [6.45, 7) is 0.564. The molecule has 17 heavy (non-hydrogen) atoms. The van der Waals surface area contributed by atoms with E-state index < -0.39 is 5.82 Å². The van der Waals surface area contributed by atoms with Crippen LogP contribution >= 0.6 is 0 Å². The Bertz CT molecular complexity index is 543. The van der Waals surface area contributed by atoms with Crippen LogP contribution in [0.4, 0.5) is 10.1 Å². The van der Waals surface area contributed by atoms with E-state index in [0.29, 0.717) is 12.2 Å². The number of hydrogen-bond acceptors (Lipinski definition) is 3. The number of furan rings is 1. The van der Waals surface area contributed by atoms with Gasteiger partial charge < -0.3 is 9.32 Å². The van der Waals surface area contributed by atoms with Crippen LogP contribution in [0.5, 0.6) is 0 Å². The minimum atomic E-state index is -0.496. The second-order valence-corrected chi connectivity index (χ2v) is 3.73. The number of halogens is 1. The molecule has 0 spiro atoms. The van der Waals surface area contributed by atoms with E-state index in [1.165, 1.54) is 6.07 Å². The first-order valence-corrected chi connectivity index (χ1v) is 5.13. The molecule has 0 bridgehead atoms. The summed E-state index contributed by atoms with van der Waals surface area (Å²) in [5.41, 5.74) is 1.62. The third-order valence-corrected chi connectivity index (χ3v) is 2.51. The van der Waals surface area contributed by atoms with E-state index in [9.17, 15) is 4.39 Å². The molecule has 0 unspecified atom stereocenters. The minimum absolute atomic E-state index is 0.0681. The quantitative estimate of drug-likeness (QED) is 0.813. The van der Waals surface area contributed by atoms with Gasteiger partial charge in [0.25, 0.3) is 0 Å². The van der Waals surface area contributed by atoms with Crippen molar-refractivity contribution in [2.75, 3.05) is 11.9 Å². The maximum absolute atomic E-state index is 13.4. The van der Waals surface area contributed by atoms with Crippen LogP contribution in [0, 0.1) is 17.1 Å². The molecule has 1 heterocycles. The first-order valence-electron chi connectivity index (χ1n) is 5.13. The molecule has 0 atom stereocenters. The molecule has 2 aromatic rings. The fourth-order valence-electron chi connectivity index (χ4n) is 1.68. The van der Waals surface area contributed by atoms with Gasteiger partial charge in [-0.3, -0.25) is 0 Å². The smallest absolute Gasteiger partial charge is 0.143 e. The van der Waals surface area contributed by atoms with Gasteiger partial charge in [-0.15, -0.1) is 0 Å². The Kier molecular flexibility index (Phi) is 3.10. The van der Waals surface area contributed by atoms with Crippen LogP contribution in [0.2, 0.25) is 0 Å². The molecule has 0 aliphatic carbocycles. The highest BCUT2D eigenvalue weighted by molar-refractivity contribution is 5.59. The standard InChI is InChI=1S/C13H11FN2O/c1-16(8-10-5-6-17-9-10)13-4-2-3-12(14)11(13)7-15/h2-6,9H,8H2,1H3. The molecule has 0 saturated carbocycles. The fraction of sp³-hybridized carbons (Fsp3) is 0.154. The van der Waals surface area contributed by atoms with Gasteiger partial charge >= 0.3 is 0 Å². The highest BCUT2D eigenvalue weighted by Crippen LogP contribution is 2.22. The van der Waals surface area contributed by atoms with Crippen LogP contribution < -0.4 is 4.90 Å². The van der Waals surface area contributed by atoms with Crippen LogP contribution in [0.3, 0.4) is 0 Å². The van der Waals surface area contributed by atoms with Gasteiger partial charge in [-0.05, 0) is 18.2 Å². The molecule has 3 nitrogen and oxygen atoms in total. The van der Waals surface area contributed by atoms with Crippen molar-refractivity contribution >= 4 is 5.69 Å². The molecule has 0 radical (unpaired) electrons. The molecule has 4 heteroatoms. The van der Waals surface area contributed by atoms with Gasteiger partial charge in [0.15, 0.2) is 0 Å². The van der Waals surface area contributed by atoms with Crippen molar-refractivity contribution in [2.24, 2.45) is 0 Å². The zero-order valence-electron chi connectivity index (χ0n) is 9.35. The van der Waals surface area contributed by atoms with E-state index in [1.807, 2.05) is 24.1 Å².